The molecular weight excluding hydrogens is 329 g/mol. The van der Waals surface area contributed by atoms with E-state index in [2.05, 4.69) is 6.92 Å². The summed E-state index contributed by atoms with van der Waals surface area (Å²) >= 11 is 0. The van der Waals surface area contributed by atoms with Crippen molar-refractivity contribution in [2.75, 3.05) is 0 Å². The summed E-state index contributed by atoms with van der Waals surface area (Å²) in [5.74, 6) is 0.517. The Morgan fingerprint density at radius 1 is 1.16 bits per heavy atom. The summed E-state index contributed by atoms with van der Waals surface area (Å²) in [5, 5.41) is 10.6. The molecule has 0 aromatic heterocycles. The Hall–Kier alpha value is -0.840. The maximum Gasteiger partial charge on any atom is 0.419 e. The summed E-state index contributed by atoms with van der Waals surface area (Å²) in [6.45, 7) is 2.22. The molecule has 3 unspecified atom stereocenters. The Kier molecular flexibility index (Phi) is 3.08. The van der Waals surface area contributed by atoms with Crippen LogP contribution in [-0.2, 0) is 4.79 Å². The van der Waals surface area contributed by atoms with Gasteiger partial charge in [0.1, 0.15) is 0 Å². The minimum Gasteiger partial charge on any atom is -0.393 e. The van der Waals surface area contributed by atoms with E-state index in [1.54, 1.807) is 0 Å². The molecule has 1 spiro atoms. The number of rotatable bonds is 0. The number of carbonyl (C=O) groups excluding carboxylic acids is 1. The van der Waals surface area contributed by atoms with E-state index in [0.29, 0.717) is 30.3 Å². The summed E-state index contributed by atoms with van der Waals surface area (Å²) in [6, 6.07) is 0. The lowest BCUT2D eigenvalue weighted by Gasteiger charge is -2.56. The molecule has 0 radical (unpaired) electrons. The van der Waals surface area contributed by atoms with Gasteiger partial charge in [-0.1, -0.05) is 12.5 Å². The number of hydrogen-bond acceptors (Lipinski definition) is 2. The van der Waals surface area contributed by atoms with Crippen LogP contribution in [0.1, 0.15) is 58.3 Å². The van der Waals surface area contributed by atoms with E-state index in [9.17, 15) is 23.1 Å². The van der Waals surface area contributed by atoms with Crippen LogP contribution in [0.4, 0.5) is 13.2 Å². The average molecular weight is 354 g/mol. The van der Waals surface area contributed by atoms with Gasteiger partial charge < -0.3 is 5.11 Å². The fourth-order valence-corrected chi connectivity index (χ4v) is 7.85. The van der Waals surface area contributed by atoms with Crippen LogP contribution in [0.2, 0.25) is 0 Å². The third-order valence-corrected chi connectivity index (χ3v) is 8.89. The van der Waals surface area contributed by atoms with Crippen molar-refractivity contribution in [1.82, 2.24) is 0 Å². The molecule has 1 N–H and O–H groups in total. The van der Waals surface area contributed by atoms with E-state index in [1.807, 2.05) is 0 Å². The van der Waals surface area contributed by atoms with E-state index in [1.165, 1.54) is 0 Å². The quantitative estimate of drug-likeness (QED) is 0.699. The molecule has 25 heavy (non-hydrogen) atoms. The zero-order valence-electron chi connectivity index (χ0n) is 14.5. The van der Waals surface area contributed by atoms with Crippen LogP contribution in [-0.4, -0.2) is 23.2 Å². The molecule has 0 aliphatic heterocycles. The van der Waals surface area contributed by atoms with Gasteiger partial charge in [-0.2, -0.15) is 13.2 Å². The number of aliphatic hydroxyl groups excluding tert-OH is 1. The SMILES string of the molecule is C[C@]12CCC3C4CCC(=O)C(C(F)(F)F)=C4CCC3[C@@]13C[C@H]3C[C@H]2O. The molecule has 5 rings (SSSR count). The molecule has 0 aromatic rings. The molecule has 4 fully saturated rings. The molecule has 7 atom stereocenters. The highest BCUT2D eigenvalue weighted by molar-refractivity contribution is 5.98. The highest BCUT2D eigenvalue weighted by atomic mass is 19.4. The Balaban J connectivity index is 1.54. The summed E-state index contributed by atoms with van der Waals surface area (Å²) in [5.41, 5.74) is -0.273. The predicted octanol–water partition coefficient (Wildman–Crippen LogP) is 4.42. The summed E-state index contributed by atoms with van der Waals surface area (Å²) in [6.07, 6.45) is 0.920. The first-order valence-electron chi connectivity index (χ1n) is 9.71. The number of ketones is 1. The monoisotopic (exact) mass is 354 g/mol. The number of carbonyl (C=O) groups is 1. The van der Waals surface area contributed by atoms with E-state index < -0.39 is 17.5 Å². The average Bonchev–Trinajstić information content (AvgIpc) is 3.18. The topological polar surface area (TPSA) is 37.3 Å². The van der Waals surface area contributed by atoms with E-state index >= 15 is 0 Å². The second kappa shape index (κ2) is 4.71. The highest BCUT2D eigenvalue weighted by Crippen LogP contribution is 2.81. The van der Waals surface area contributed by atoms with Crippen molar-refractivity contribution in [3.05, 3.63) is 11.1 Å². The van der Waals surface area contributed by atoms with Gasteiger partial charge in [-0.15, -0.1) is 0 Å². The van der Waals surface area contributed by atoms with Gasteiger partial charge in [0.15, 0.2) is 5.78 Å². The minimum absolute atomic E-state index is 0.0442. The van der Waals surface area contributed by atoms with Gasteiger partial charge in [-0.05, 0) is 79.4 Å². The lowest BCUT2D eigenvalue weighted by Crippen LogP contribution is -2.51. The molecular formula is C20H25F3O2. The Morgan fingerprint density at radius 3 is 2.64 bits per heavy atom. The number of allylic oxidation sites excluding steroid dienone is 1. The first-order chi connectivity index (χ1) is 11.7. The number of Topliss-reactive ketones (excluding diaryl/α,β-unsaturated/α-hetero) is 1. The van der Waals surface area contributed by atoms with Gasteiger partial charge in [0.05, 0.1) is 11.7 Å². The maximum atomic E-state index is 13.5. The molecule has 2 nitrogen and oxygen atoms in total. The summed E-state index contributed by atoms with van der Waals surface area (Å²) in [4.78, 5) is 12.0. The third-order valence-electron chi connectivity index (χ3n) is 8.89. The van der Waals surface area contributed by atoms with E-state index in [4.69, 9.17) is 0 Å². The van der Waals surface area contributed by atoms with Crippen LogP contribution < -0.4 is 0 Å². The number of alkyl halides is 3. The largest absolute Gasteiger partial charge is 0.419 e. The molecule has 4 saturated carbocycles. The second-order valence-corrected chi connectivity index (χ2v) is 9.42. The zero-order chi connectivity index (χ0) is 17.8. The van der Waals surface area contributed by atoms with Gasteiger partial charge >= 0.3 is 6.18 Å². The Labute approximate surface area is 145 Å². The first-order valence-corrected chi connectivity index (χ1v) is 9.71. The van der Waals surface area contributed by atoms with Gasteiger partial charge in [0, 0.05) is 6.42 Å². The van der Waals surface area contributed by atoms with Crippen LogP contribution in [0.25, 0.3) is 0 Å². The number of hydrogen-bond donors (Lipinski definition) is 1. The standard InChI is InChI=1S/C20H25F3O2/c1-18-7-6-12-11-3-5-15(24)17(20(21,22)23)13(11)2-4-14(12)19(18)9-10(19)8-16(18)25/h10-12,14,16,25H,2-9H2,1H3/t10-,11?,12?,14?,16-,18-,19+/m1/s1. The molecule has 0 saturated heterocycles. The fourth-order valence-electron chi connectivity index (χ4n) is 7.85. The van der Waals surface area contributed by atoms with Crippen molar-refractivity contribution in [1.29, 1.82) is 0 Å². The Morgan fingerprint density at radius 2 is 1.92 bits per heavy atom. The maximum absolute atomic E-state index is 13.5. The van der Waals surface area contributed by atoms with Crippen molar-refractivity contribution in [2.45, 2.75) is 70.6 Å². The van der Waals surface area contributed by atoms with Crippen molar-refractivity contribution in [3.63, 3.8) is 0 Å². The lowest BCUT2D eigenvalue weighted by atomic mass is 9.49. The van der Waals surface area contributed by atoms with Crippen LogP contribution in [0.15, 0.2) is 11.1 Å². The third kappa shape index (κ3) is 1.84. The van der Waals surface area contributed by atoms with Crippen LogP contribution in [0.5, 0.6) is 0 Å². The van der Waals surface area contributed by atoms with Gasteiger partial charge in [0.25, 0.3) is 0 Å². The van der Waals surface area contributed by atoms with Crippen molar-refractivity contribution < 1.29 is 23.1 Å². The summed E-state index contributed by atoms with van der Waals surface area (Å²) in [7, 11) is 0. The molecule has 0 aromatic carbocycles. The lowest BCUT2D eigenvalue weighted by molar-refractivity contribution is -0.133. The second-order valence-electron chi connectivity index (χ2n) is 9.42. The fraction of sp³-hybridized carbons (Fsp3) is 0.850. The van der Waals surface area contributed by atoms with Crippen molar-refractivity contribution in [2.24, 2.45) is 34.5 Å². The number of fused-ring (bicyclic) bond motifs is 3. The predicted molar refractivity (Wildman–Crippen MR) is 85.5 cm³/mol. The molecule has 5 aliphatic rings. The Bertz CT molecular complexity index is 681. The molecule has 0 bridgehead atoms. The smallest absolute Gasteiger partial charge is 0.393 e. The van der Waals surface area contributed by atoms with Crippen LogP contribution >= 0.6 is 0 Å². The van der Waals surface area contributed by atoms with Crippen LogP contribution in [0, 0.1) is 34.5 Å². The normalized spacial score (nSPS) is 51.6. The molecule has 5 aliphatic carbocycles. The summed E-state index contributed by atoms with van der Waals surface area (Å²) < 4.78 is 40.5. The van der Waals surface area contributed by atoms with Gasteiger partial charge in [-0.3, -0.25) is 4.79 Å². The van der Waals surface area contributed by atoms with Crippen LogP contribution in [0.3, 0.4) is 0 Å². The minimum atomic E-state index is -4.51. The van der Waals surface area contributed by atoms with Crippen molar-refractivity contribution in [3.8, 4) is 0 Å². The highest BCUT2D eigenvalue weighted by Gasteiger charge is 2.77. The van der Waals surface area contributed by atoms with Crippen molar-refractivity contribution >= 4 is 5.78 Å². The van der Waals surface area contributed by atoms with Gasteiger partial charge in [0.2, 0.25) is 0 Å². The number of halogens is 3. The molecule has 5 heteroatoms. The van der Waals surface area contributed by atoms with E-state index in [-0.39, 0.29) is 35.2 Å². The van der Waals surface area contributed by atoms with Gasteiger partial charge in [-0.25, -0.2) is 0 Å². The zero-order valence-corrected chi connectivity index (χ0v) is 14.5. The first kappa shape index (κ1) is 16.3. The van der Waals surface area contributed by atoms with E-state index in [0.717, 1.165) is 32.1 Å². The molecule has 138 valence electrons. The molecule has 0 heterocycles. The number of aliphatic hydroxyl groups is 1. The molecule has 0 amide bonds.